The molecular weight excluding hydrogens is 219 g/mol. The van der Waals surface area contributed by atoms with Crippen LogP contribution in [0.4, 0.5) is 13.2 Å². The lowest BCUT2D eigenvalue weighted by Crippen LogP contribution is -2.22. The van der Waals surface area contributed by atoms with Crippen molar-refractivity contribution in [1.82, 2.24) is 4.98 Å². The molecule has 78 valence electrons. The molecule has 1 rings (SSSR count). The minimum atomic E-state index is -4.44. The Balaban J connectivity index is 2.96. The van der Waals surface area contributed by atoms with Gasteiger partial charge in [0.25, 0.3) is 0 Å². The summed E-state index contributed by atoms with van der Waals surface area (Å²) in [5.74, 6) is 0. The number of alkyl halides is 3. The average molecular weight is 226 g/mol. The fraction of sp³-hybridized carbons (Fsp3) is 0.375. The highest BCUT2D eigenvalue weighted by molar-refractivity contribution is 6.29. The van der Waals surface area contributed by atoms with E-state index in [0.717, 1.165) is 13.3 Å². The minimum Gasteiger partial charge on any atom is -0.367 e. The fourth-order valence-corrected chi connectivity index (χ4v) is 1.11. The van der Waals surface area contributed by atoms with Crippen LogP contribution >= 0.6 is 11.6 Å². The quantitative estimate of drug-likeness (QED) is 0.722. The molecule has 1 aromatic rings. The van der Waals surface area contributed by atoms with Gasteiger partial charge in [-0.15, -0.1) is 0 Å². The molecule has 0 saturated carbocycles. The molecular formula is C8H7ClF3NO. The lowest BCUT2D eigenvalue weighted by atomic mass is 10.1. The molecule has 1 unspecified atom stereocenters. The summed E-state index contributed by atoms with van der Waals surface area (Å²) in [6, 6.07) is 2.52. The first-order valence-corrected chi connectivity index (χ1v) is 4.04. The summed E-state index contributed by atoms with van der Waals surface area (Å²) in [6.45, 7) is 0. The molecule has 0 spiro atoms. The highest BCUT2D eigenvalue weighted by Crippen LogP contribution is 2.34. The molecule has 2 nitrogen and oxygen atoms in total. The van der Waals surface area contributed by atoms with Crippen LogP contribution in [0.5, 0.6) is 0 Å². The van der Waals surface area contributed by atoms with E-state index in [1.54, 1.807) is 0 Å². The summed E-state index contributed by atoms with van der Waals surface area (Å²) in [7, 11) is 0.993. The molecule has 0 fully saturated rings. The summed E-state index contributed by atoms with van der Waals surface area (Å²) in [5, 5.41) is 0.144. The van der Waals surface area contributed by atoms with Crippen molar-refractivity contribution in [3.8, 4) is 0 Å². The molecule has 0 N–H and O–H groups in total. The molecule has 0 aliphatic carbocycles. The third-order valence-electron chi connectivity index (χ3n) is 1.59. The van der Waals surface area contributed by atoms with Gasteiger partial charge in [0.15, 0.2) is 6.10 Å². The summed E-state index contributed by atoms with van der Waals surface area (Å²) < 4.78 is 41.3. The van der Waals surface area contributed by atoms with Gasteiger partial charge in [-0.25, -0.2) is 4.98 Å². The molecule has 0 saturated heterocycles. The molecule has 0 bridgehead atoms. The molecule has 0 aliphatic heterocycles. The van der Waals surface area contributed by atoms with Crippen molar-refractivity contribution in [1.29, 1.82) is 0 Å². The van der Waals surface area contributed by atoms with Crippen LogP contribution in [0.25, 0.3) is 0 Å². The van der Waals surface area contributed by atoms with E-state index in [0.29, 0.717) is 0 Å². The van der Waals surface area contributed by atoms with E-state index in [1.807, 2.05) is 0 Å². The summed E-state index contributed by atoms with van der Waals surface area (Å²) >= 11 is 5.44. The number of hydrogen-bond donors (Lipinski definition) is 0. The molecule has 0 amide bonds. The van der Waals surface area contributed by atoms with Crippen LogP contribution in [0.2, 0.25) is 5.15 Å². The van der Waals surface area contributed by atoms with Crippen molar-refractivity contribution >= 4 is 11.6 Å². The van der Waals surface area contributed by atoms with Crippen molar-refractivity contribution < 1.29 is 17.9 Å². The predicted octanol–water partition coefficient (Wildman–Crippen LogP) is 2.98. The minimum absolute atomic E-state index is 0.0654. The summed E-state index contributed by atoms with van der Waals surface area (Å²) in [4.78, 5) is 3.55. The molecule has 6 heteroatoms. The normalized spacial score (nSPS) is 14.1. The van der Waals surface area contributed by atoms with Gasteiger partial charge in [-0.1, -0.05) is 17.7 Å². The Morgan fingerprint density at radius 3 is 2.43 bits per heavy atom. The van der Waals surface area contributed by atoms with E-state index in [-0.39, 0.29) is 10.7 Å². The van der Waals surface area contributed by atoms with E-state index in [4.69, 9.17) is 11.6 Å². The Morgan fingerprint density at radius 1 is 1.43 bits per heavy atom. The molecule has 0 aliphatic rings. The van der Waals surface area contributed by atoms with Crippen molar-refractivity contribution in [3.63, 3.8) is 0 Å². The molecule has 1 atom stereocenters. The van der Waals surface area contributed by atoms with E-state index in [2.05, 4.69) is 9.72 Å². The molecule has 0 radical (unpaired) electrons. The van der Waals surface area contributed by atoms with E-state index in [9.17, 15) is 13.2 Å². The summed E-state index contributed by atoms with van der Waals surface area (Å²) in [6.07, 6.45) is -5.35. The monoisotopic (exact) mass is 225 g/mol. The second kappa shape index (κ2) is 4.14. The van der Waals surface area contributed by atoms with Gasteiger partial charge in [-0.05, 0) is 6.07 Å². The van der Waals surface area contributed by atoms with Crippen LogP contribution in [-0.2, 0) is 4.74 Å². The Hall–Kier alpha value is -0.810. The Kier molecular flexibility index (Phi) is 3.34. The second-order valence-electron chi connectivity index (χ2n) is 2.57. The van der Waals surface area contributed by atoms with Gasteiger partial charge in [0.05, 0.1) is 0 Å². The SMILES string of the molecule is COC(c1ccc(Cl)nc1)C(F)(F)F. The molecule has 1 heterocycles. The number of pyridine rings is 1. The first kappa shape index (κ1) is 11.3. The maximum absolute atomic E-state index is 12.3. The zero-order chi connectivity index (χ0) is 10.8. The first-order valence-electron chi connectivity index (χ1n) is 3.66. The van der Waals surface area contributed by atoms with Gasteiger partial charge in [0.1, 0.15) is 5.15 Å². The van der Waals surface area contributed by atoms with Crippen LogP contribution in [-0.4, -0.2) is 18.3 Å². The molecule has 0 aromatic carbocycles. The smallest absolute Gasteiger partial charge is 0.367 e. The molecule has 1 aromatic heterocycles. The third-order valence-corrected chi connectivity index (χ3v) is 1.81. The summed E-state index contributed by atoms with van der Waals surface area (Å²) in [5.41, 5.74) is -0.0654. The van der Waals surface area contributed by atoms with Crippen LogP contribution in [0.15, 0.2) is 18.3 Å². The number of hydrogen-bond acceptors (Lipinski definition) is 2. The number of ether oxygens (including phenoxy) is 1. The number of halogens is 4. The number of nitrogens with zero attached hydrogens (tertiary/aromatic N) is 1. The topological polar surface area (TPSA) is 22.1 Å². The first-order chi connectivity index (χ1) is 6.45. The number of aromatic nitrogens is 1. The lowest BCUT2D eigenvalue weighted by Gasteiger charge is -2.18. The van der Waals surface area contributed by atoms with Gasteiger partial charge >= 0.3 is 6.18 Å². The van der Waals surface area contributed by atoms with E-state index in [1.165, 1.54) is 12.1 Å². The standard InChI is InChI=1S/C8H7ClF3NO/c1-14-7(8(10,11)12)5-2-3-6(9)13-4-5/h2-4,7H,1H3. The zero-order valence-corrected chi connectivity index (χ0v) is 7.93. The maximum Gasteiger partial charge on any atom is 0.418 e. The Bertz CT molecular complexity index is 298. The zero-order valence-electron chi connectivity index (χ0n) is 7.18. The van der Waals surface area contributed by atoms with E-state index >= 15 is 0 Å². The van der Waals surface area contributed by atoms with Crippen LogP contribution in [0.1, 0.15) is 11.7 Å². The highest BCUT2D eigenvalue weighted by atomic mass is 35.5. The number of methoxy groups -OCH3 is 1. The Morgan fingerprint density at radius 2 is 2.07 bits per heavy atom. The van der Waals surface area contributed by atoms with Gasteiger partial charge in [-0.3, -0.25) is 0 Å². The van der Waals surface area contributed by atoms with Gasteiger partial charge < -0.3 is 4.74 Å². The fourth-order valence-electron chi connectivity index (χ4n) is 1.00. The molecule has 14 heavy (non-hydrogen) atoms. The van der Waals surface area contributed by atoms with Gasteiger partial charge in [-0.2, -0.15) is 13.2 Å². The van der Waals surface area contributed by atoms with Gasteiger partial charge in [0.2, 0.25) is 0 Å². The van der Waals surface area contributed by atoms with Crippen molar-refractivity contribution in [2.24, 2.45) is 0 Å². The van der Waals surface area contributed by atoms with Crippen molar-refractivity contribution in [2.75, 3.05) is 7.11 Å². The lowest BCUT2D eigenvalue weighted by molar-refractivity contribution is -0.216. The average Bonchev–Trinajstić information content (AvgIpc) is 2.07. The third kappa shape index (κ3) is 2.59. The van der Waals surface area contributed by atoms with E-state index < -0.39 is 12.3 Å². The van der Waals surface area contributed by atoms with Gasteiger partial charge in [0, 0.05) is 18.9 Å². The van der Waals surface area contributed by atoms with Crippen molar-refractivity contribution in [2.45, 2.75) is 12.3 Å². The number of rotatable bonds is 2. The second-order valence-corrected chi connectivity index (χ2v) is 2.96. The van der Waals surface area contributed by atoms with Crippen LogP contribution in [0.3, 0.4) is 0 Å². The Labute approximate surface area is 83.7 Å². The van der Waals surface area contributed by atoms with Crippen LogP contribution in [0, 0.1) is 0 Å². The largest absolute Gasteiger partial charge is 0.418 e. The maximum atomic E-state index is 12.3. The highest BCUT2D eigenvalue weighted by Gasteiger charge is 2.41. The van der Waals surface area contributed by atoms with Crippen molar-refractivity contribution in [3.05, 3.63) is 29.0 Å². The van der Waals surface area contributed by atoms with Crippen LogP contribution < -0.4 is 0 Å². The predicted molar refractivity (Wildman–Crippen MR) is 45.1 cm³/mol.